The Balaban J connectivity index is 2.24. The Labute approximate surface area is 70.2 Å². The minimum atomic E-state index is 0.0385. The van der Waals surface area contributed by atoms with Crippen LogP contribution in [0.1, 0.15) is 6.42 Å². The van der Waals surface area contributed by atoms with Gasteiger partial charge in [-0.1, -0.05) is 0 Å². The van der Waals surface area contributed by atoms with Gasteiger partial charge in [0.2, 0.25) is 5.91 Å². The Morgan fingerprint density at radius 2 is 2.64 bits per heavy atom. The molecular formula is C7H10N2OS. The van der Waals surface area contributed by atoms with Gasteiger partial charge in [-0.2, -0.15) is 17.0 Å². The first kappa shape index (κ1) is 8.41. The molecule has 1 unspecified atom stereocenters. The van der Waals surface area contributed by atoms with Crippen molar-refractivity contribution in [1.82, 2.24) is 5.32 Å². The van der Waals surface area contributed by atoms with Crippen LogP contribution in [0.5, 0.6) is 0 Å². The van der Waals surface area contributed by atoms with Crippen LogP contribution < -0.4 is 5.32 Å². The summed E-state index contributed by atoms with van der Waals surface area (Å²) in [6.07, 6.45) is 0.960. The zero-order valence-electron chi connectivity index (χ0n) is 6.17. The van der Waals surface area contributed by atoms with E-state index in [0.29, 0.717) is 0 Å². The number of thioether (sulfide) groups is 1. The average Bonchev–Trinajstić information content (AvgIpc) is 2.52. The van der Waals surface area contributed by atoms with Crippen molar-refractivity contribution in [2.24, 2.45) is 5.92 Å². The fourth-order valence-corrected chi connectivity index (χ4v) is 2.23. The summed E-state index contributed by atoms with van der Waals surface area (Å²) < 4.78 is 0. The minimum absolute atomic E-state index is 0.0385. The second kappa shape index (κ2) is 4.24. The Morgan fingerprint density at radius 3 is 3.18 bits per heavy atom. The van der Waals surface area contributed by atoms with Gasteiger partial charge in [-0.3, -0.25) is 4.79 Å². The van der Waals surface area contributed by atoms with Crippen LogP contribution in [-0.2, 0) is 4.79 Å². The second-order valence-electron chi connectivity index (χ2n) is 2.44. The van der Waals surface area contributed by atoms with Crippen molar-refractivity contribution in [3.05, 3.63) is 0 Å². The van der Waals surface area contributed by atoms with Crippen molar-refractivity contribution < 1.29 is 4.79 Å². The van der Waals surface area contributed by atoms with Crippen LogP contribution in [-0.4, -0.2) is 24.0 Å². The molecule has 0 bridgehead atoms. The maximum atomic E-state index is 11.1. The molecule has 1 aliphatic heterocycles. The summed E-state index contributed by atoms with van der Waals surface area (Å²) in [5.74, 6) is 2.17. The maximum absolute atomic E-state index is 11.1. The number of nitrogens with zero attached hydrogens (tertiary/aromatic N) is 1. The zero-order chi connectivity index (χ0) is 8.10. The molecule has 1 atom stereocenters. The van der Waals surface area contributed by atoms with E-state index in [9.17, 15) is 4.79 Å². The van der Waals surface area contributed by atoms with Crippen molar-refractivity contribution >= 4 is 17.7 Å². The topological polar surface area (TPSA) is 52.9 Å². The van der Waals surface area contributed by atoms with E-state index < -0.39 is 0 Å². The molecule has 60 valence electrons. The molecule has 1 rings (SSSR count). The Kier molecular flexibility index (Phi) is 3.24. The second-order valence-corrected chi connectivity index (χ2v) is 3.59. The van der Waals surface area contributed by atoms with Gasteiger partial charge < -0.3 is 5.32 Å². The maximum Gasteiger partial charge on any atom is 0.224 e. The van der Waals surface area contributed by atoms with E-state index in [0.717, 1.165) is 17.9 Å². The lowest BCUT2D eigenvalue weighted by molar-refractivity contribution is -0.123. The number of amides is 1. The lowest BCUT2D eigenvalue weighted by Gasteiger charge is -2.05. The number of carbonyl (C=O) groups excluding carboxylic acids is 1. The third-order valence-corrected chi connectivity index (χ3v) is 2.80. The average molecular weight is 170 g/mol. The van der Waals surface area contributed by atoms with Crippen LogP contribution in [0.15, 0.2) is 0 Å². The number of carbonyl (C=O) groups is 1. The van der Waals surface area contributed by atoms with Crippen molar-refractivity contribution in [1.29, 1.82) is 5.26 Å². The van der Waals surface area contributed by atoms with E-state index in [4.69, 9.17) is 5.26 Å². The third kappa shape index (κ3) is 2.43. The van der Waals surface area contributed by atoms with E-state index in [2.05, 4.69) is 5.32 Å². The molecular weight excluding hydrogens is 160 g/mol. The number of hydrogen-bond donors (Lipinski definition) is 1. The lowest BCUT2D eigenvalue weighted by Crippen LogP contribution is -2.30. The first-order chi connectivity index (χ1) is 5.34. The van der Waals surface area contributed by atoms with E-state index in [-0.39, 0.29) is 18.4 Å². The fourth-order valence-electron chi connectivity index (χ4n) is 1.01. The summed E-state index contributed by atoms with van der Waals surface area (Å²) in [5.41, 5.74) is 0. The number of rotatable bonds is 2. The third-order valence-electron chi connectivity index (χ3n) is 1.64. The predicted octanol–water partition coefficient (Wildman–Crippen LogP) is 0.379. The predicted molar refractivity (Wildman–Crippen MR) is 44.1 cm³/mol. The van der Waals surface area contributed by atoms with E-state index >= 15 is 0 Å². The fraction of sp³-hybridized carbons (Fsp3) is 0.714. The Morgan fingerprint density at radius 1 is 1.82 bits per heavy atom. The van der Waals surface area contributed by atoms with Crippen LogP contribution in [0, 0.1) is 17.2 Å². The van der Waals surface area contributed by atoms with Gasteiger partial charge in [0.05, 0.1) is 6.07 Å². The molecule has 1 amide bonds. The van der Waals surface area contributed by atoms with Crippen molar-refractivity contribution in [3.63, 3.8) is 0 Å². The van der Waals surface area contributed by atoms with Crippen LogP contribution in [0.25, 0.3) is 0 Å². The Bertz CT molecular complexity index is 181. The smallest absolute Gasteiger partial charge is 0.224 e. The van der Waals surface area contributed by atoms with Crippen LogP contribution in [0.3, 0.4) is 0 Å². The summed E-state index contributed by atoms with van der Waals surface area (Å²) in [7, 11) is 0. The number of nitrogens with one attached hydrogen (secondary N) is 1. The van der Waals surface area contributed by atoms with Gasteiger partial charge in [0, 0.05) is 11.7 Å². The molecule has 4 heteroatoms. The molecule has 0 aromatic carbocycles. The molecule has 3 nitrogen and oxygen atoms in total. The molecule has 0 radical (unpaired) electrons. The molecule has 0 spiro atoms. The van der Waals surface area contributed by atoms with Gasteiger partial charge in [0.15, 0.2) is 0 Å². The molecule has 0 aromatic heterocycles. The number of nitriles is 1. The molecule has 0 aliphatic carbocycles. The molecule has 1 aliphatic rings. The van der Waals surface area contributed by atoms with E-state index in [1.54, 1.807) is 11.8 Å². The highest BCUT2D eigenvalue weighted by Gasteiger charge is 2.22. The molecule has 1 heterocycles. The van der Waals surface area contributed by atoms with Gasteiger partial charge in [-0.05, 0) is 12.2 Å². The summed E-state index contributed by atoms with van der Waals surface area (Å²) in [6.45, 7) is 0.139. The lowest BCUT2D eigenvalue weighted by atomic mass is 10.1. The van der Waals surface area contributed by atoms with Crippen LogP contribution in [0.2, 0.25) is 0 Å². The highest BCUT2D eigenvalue weighted by Crippen LogP contribution is 2.23. The molecule has 1 N–H and O–H groups in total. The quantitative estimate of drug-likeness (QED) is 0.609. The monoisotopic (exact) mass is 170 g/mol. The normalized spacial score (nSPS) is 22.6. The summed E-state index contributed by atoms with van der Waals surface area (Å²) in [6, 6.07) is 1.88. The van der Waals surface area contributed by atoms with Gasteiger partial charge in [0.25, 0.3) is 0 Å². The first-order valence-electron chi connectivity index (χ1n) is 3.57. The molecule has 1 saturated heterocycles. The SMILES string of the molecule is N#CCNC(=O)C1CCSC1. The minimum Gasteiger partial charge on any atom is -0.343 e. The summed E-state index contributed by atoms with van der Waals surface area (Å²) >= 11 is 1.80. The van der Waals surface area contributed by atoms with Crippen molar-refractivity contribution in [3.8, 4) is 6.07 Å². The highest BCUT2D eigenvalue weighted by atomic mass is 32.2. The van der Waals surface area contributed by atoms with Crippen molar-refractivity contribution in [2.45, 2.75) is 6.42 Å². The van der Waals surface area contributed by atoms with Crippen molar-refractivity contribution in [2.75, 3.05) is 18.1 Å². The largest absolute Gasteiger partial charge is 0.343 e. The molecule has 11 heavy (non-hydrogen) atoms. The molecule has 0 aromatic rings. The van der Waals surface area contributed by atoms with Crippen LogP contribution >= 0.6 is 11.8 Å². The summed E-state index contributed by atoms with van der Waals surface area (Å²) in [5, 5.41) is 10.7. The number of hydrogen-bond acceptors (Lipinski definition) is 3. The van der Waals surface area contributed by atoms with Gasteiger partial charge in [-0.25, -0.2) is 0 Å². The van der Waals surface area contributed by atoms with E-state index in [1.807, 2.05) is 6.07 Å². The Hall–Kier alpha value is -0.690. The highest BCUT2D eigenvalue weighted by molar-refractivity contribution is 7.99. The van der Waals surface area contributed by atoms with Gasteiger partial charge in [0.1, 0.15) is 6.54 Å². The standard InChI is InChI=1S/C7H10N2OS/c8-2-3-9-7(10)6-1-4-11-5-6/h6H,1,3-5H2,(H,9,10). The van der Waals surface area contributed by atoms with E-state index in [1.165, 1.54) is 0 Å². The first-order valence-corrected chi connectivity index (χ1v) is 4.72. The van der Waals surface area contributed by atoms with Crippen LogP contribution in [0.4, 0.5) is 0 Å². The summed E-state index contributed by atoms with van der Waals surface area (Å²) in [4.78, 5) is 11.1. The van der Waals surface area contributed by atoms with Gasteiger partial charge >= 0.3 is 0 Å². The molecule has 1 fully saturated rings. The zero-order valence-corrected chi connectivity index (χ0v) is 6.99. The molecule has 0 saturated carbocycles. The van der Waals surface area contributed by atoms with Gasteiger partial charge in [-0.15, -0.1) is 0 Å².